The van der Waals surface area contributed by atoms with Gasteiger partial charge in [-0.3, -0.25) is 14.5 Å². The molecule has 1 amide bonds. The number of hydrogen-bond acceptors (Lipinski definition) is 5. The highest BCUT2D eigenvalue weighted by Gasteiger charge is 2.61. The molecule has 6 nitrogen and oxygen atoms in total. The van der Waals surface area contributed by atoms with E-state index in [-0.39, 0.29) is 17.9 Å². The predicted molar refractivity (Wildman–Crippen MR) is 170 cm³/mol. The summed E-state index contributed by atoms with van der Waals surface area (Å²) in [5.74, 6) is 1.73. The topological polar surface area (TPSA) is 59.1 Å². The van der Waals surface area contributed by atoms with E-state index in [1.54, 1.807) is 14.0 Å². The van der Waals surface area contributed by atoms with Crippen LogP contribution in [0.15, 0.2) is 66.7 Å². The summed E-state index contributed by atoms with van der Waals surface area (Å²) >= 11 is 0. The van der Waals surface area contributed by atoms with E-state index in [9.17, 15) is 9.59 Å². The fourth-order valence-corrected chi connectivity index (χ4v) is 7.95. The molecule has 3 fully saturated rings. The number of benzene rings is 3. The van der Waals surface area contributed by atoms with Gasteiger partial charge in [-0.05, 0) is 97.5 Å². The van der Waals surface area contributed by atoms with Crippen molar-refractivity contribution in [1.82, 2.24) is 9.80 Å². The summed E-state index contributed by atoms with van der Waals surface area (Å²) in [6.07, 6.45) is 5.72. The van der Waals surface area contributed by atoms with Crippen molar-refractivity contribution in [2.45, 2.75) is 76.4 Å². The number of ether oxygens (including phenoxy) is 2. The minimum atomic E-state index is -0.662. The molecule has 1 aliphatic heterocycles. The number of carbonyl (C=O) groups excluding carboxylic acids is 2. The quantitative estimate of drug-likeness (QED) is 0.258. The number of nitrogens with zero attached hydrogens (tertiary/aromatic N) is 2. The normalized spacial score (nSPS) is 25.7. The second-order valence-corrected chi connectivity index (χ2v) is 13.6. The van der Waals surface area contributed by atoms with Crippen molar-refractivity contribution >= 4 is 22.6 Å². The van der Waals surface area contributed by atoms with Gasteiger partial charge in [0.25, 0.3) is 5.91 Å². The highest BCUT2D eigenvalue weighted by Crippen LogP contribution is 2.55. The average molecular weight is 583 g/mol. The number of methoxy groups -OCH3 is 1. The Bertz CT molecular complexity index is 1480. The molecule has 3 aromatic carbocycles. The first kappa shape index (κ1) is 29.7. The van der Waals surface area contributed by atoms with E-state index in [1.165, 1.54) is 12.8 Å². The van der Waals surface area contributed by atoms with Crippen LogP contribution in [0, 0.1) is 11.8 Å². The lowest BCUT2D eigenvalue weighted by Crippen LogP contribution is -2.69. The van der Waals surface area contributed by atoms with Crippen LogP contribution >= 0.6 is 0 Å². The molecule has 3 atom stereocenters. The van der Waals surface area contributed by atoms with E-state index >= 15 is 0 Å². The molecule has 2 aliphatic carbocycles. The van der Waals surface area contributed by atoms with Gasteiger partial charge in [0.15, 0.2) is 0 Å². The Morgan fingerprint density at radius 2 is 1.77 bits per heavy atom. The monoisotopic (exact) mass is 582 g/mol. The molecule has 3 aliphatic rings. The fourth-order valence-electron chi connectivity index (χ4n) is 7.95. The number of fused-ring (bicyclic) bond motifs is 2. The van der Waals surface area contributed by atoms with Crippen LogP contribution in [-0.4, -0.2) is 66.6 Å². The van der Waals surface area contributed by atoms with Gasteiger partial charge in [-0.2, -0.15) is 0 Å². The molecule has 0 bridgehead atoms. The third-order valence-electron chi connectivity index (χ3n) is 10.1. The summed E-state index contributed by atoms with van der Waals surface area (Å²) in [7, 11) is 1.70. The Kier molecular flexibility index (Phi) is 8.25. The number of piperidine rings is 1. The first-order chi connectivity index (χ1) is 20.7. The average Bonchev–Trinajstić information content (AvgIpc) is 3.82. The summed E-state index contributed by atoms with van der Waals surface area (Å²) < 4.78 is 12.2. The molecule has 0 radical (unpaired) electrons. The maximum atomic E-state index is 14.4. The Morgan fingerprint density at radius 1 is 0.977 bits per heavy atom. The Morgan fingerprint density at radius 3 is 2.49 bits per heavy atom. The predicted octanol–water partition coefficient (Wildman–Crippen LogP) is 6.85. The van der Waals surface area contributed by atoms with E-state index in [0.29, 0.717) is 12.5 Å². The van der Waals surface area contributed by atoms with Crippen LogP contribution in [0.2, 0.25) is 0 Å². The van der Waals surface area contributed by atoms with Crippen molar-refractivity contribution in [3.05, 3.63) is 77.9 Å². The third kappa shape index (κ3) is 5.91. The first-order valence-electron chi connectivity index (χ1n) is 16.1. The SMILES string of the molecule is COc1cccc([C@@]23CCN(CC4CC4)C[C@@]2(OC(C)=O)CC[C@H](N(CC(C)C)C(=O)c2ccc4ccccc4c2)C3)c1. The van der Waals surface area contributed by atoms with Crippen LogP contribution in [0.25, 0.3) is 10.8 Å². The van der Waals surface area contributed by atoms with E-state index < -0.39 is 11.0 Å². The molecule has 1 heterocycles. The summed E-state index contributed by atoms with van der Waals surface area (Å²) in [6.45, 7) is 9.34. The van der Waals surface area contributed by atoms with Gasteiger partial charge in [-0.15, -0.1) is 0 Å². The fraction of sp³-hybridized carbons (Fsp3) is 0.514. The number of esters is 1. The highest BCUT2D eigenvalue weighted by molar-refractivity contribution is 5.98. The zero-order valence-electron chi connectivity index (χ0n) is 26.2. The van der Waals surface area contributed by atoms with Crippen molar-refractivity contribution in [1.29, 1.82) is 0 Å². The summed E-state index contributed by atoms with van der Waals surface area (Å²) in [5, 5.41) is 2.21. The van der Waals surface area contributed by atoms with Crippen LogP contribution in [-0.2, 0) is 14.9 Å². The van der Waals surface area contributed by atoms with Gasteiger partial charge in [0, 0.05) is 43.6 Å². The molecule has 1 saturated heterocycles. The molecule has 0 aromatic heterocycles. The minimum Gasteiger partial charge on any atom is -0.497 e. The summed E-state index contributed by atoms with van der Waals surface area (Å²) in [5.41, 5.74) is 0.775. The lowest BCUT2D eigenvalue weighted by atomic mass is 9.54. The number of likely N-dealkylation sites (tertiary alicyclic amines) is 1. The zero-order chi connectivity index (χ0) is 30.2. The van der Waals surface area contributed by atoms with Gasteiger partial charge < -0.3 is 14.4 Å². The molecule has 228 valence electrons. The standard InChI is InChI=1S/C37H46N2O4/c1-26(2)23-39(35(41)31-15-14-29-8-5-6-9-30(29)20-31)33-16-17-37(43-27(3)40)25-38(24-28-12-13-28)19-18-36(37,22-33)32-10-7-11-34(21-32)42-4/h5-11,14-15,20-21,26,28,33H,12-13,16-19,22-25H2,1-4H3/t33-,36-,37-/m0/s1. The van der Waals surface area contributed by atoms with Gasteiger partial charge in [0.05, 0.1) is 7.11 Å². The summed E-state index contributed by atoms with van der Waals surface area (Å²) in [6, 6.07) is 22.6. The van der Waals surface area contributed by atoms with Crippen LogP contribution in [0.5, 0.6) is 5.75 Å². The molecule has 0 unspecified atom stereocenters. The van der Waals surface area contributed by atoms with Crippen LogP contribution in [0.4, 0.5) is 0 Å². The molecule has 6 rings (SSSR count). The van der Waals surface area contributed by atoms with E-state index in [0.717, 1.165) is 78.9 Å². The molecule has 2 saturated carbocycles. The second kappa shape index (κ2) is 12.0. The number of amides is 1. The highest BCUT2D eigenvalue weighted by atomic mass is 16.6. The lowest BCUT2D eigenvalue weighted by molar-refractivity contribution is -0.189. The van der Waals surface area contributed by atoms with Crippen LogP contribution < -0.4 is 4.74 Å². The Balaban J connectivity index is 1.40. The van der Waals surface area contributed by atoms with Crippen molar-refractivity contribution in [2.24, 2.45) is 11.8 Å². The summed E-state index contributed by atoms with van der Waals surface area (Å²) in [4.78, 5) is 31.9. The van der Waals surface area contributed by atoms with Crippen molar-refractivity contribution in [3.8, 4) is 5.75 Å². The Labute approximate surface area is 256 Å². The maximum absolute atomic E-state index is 14.4. The van der Waals surface area contributed by atoms with Gasteiger partial charge in [0.2, 0.25) is 0 Å². The van der Waals surface area contributed by atoms with Crippen molar-refractivity contribution in [3.63, 3.8) is 0 Å². The van der Waals surface area contributed by atoms with Crippen molar-refractivity contribution in [2.75, 3.05) is 33.3 Å². The first-order valence-corrected chi connectivity index (χ1v) is 16.1. The molecule has 0 N–H and O–H groups in total. The second-order valence-electron chi connectivity index (χ2n) is 13.6. The maximum Gasteiger partial charge on any atom is 0.303 e. The van der Waals surface area contributed by atoms with E-state index in [4.69, 9.17) is 9.47 Å². The van der Waals surface area contributed by atoms with E-state index in [1.807, 2.05) is 36.4 Å². The number of rotatable bonds is 9. The van der Waals surface area contributed by atoms with Crippen LogP contribution in [0.3, 0.4) is 0 Å². The smallest absolute Gasteiger partial charge is 0.303 e. The van der Waals surface area contributed by atoms with Crippen LogP contribution in [0.1, 0.15) is 75.2 Å². The van der Waals surface area contributed by atoms with Gasteiger partial charge in [-0.1, -0.05) is 56.3 Å². The van der Waals surface area contributed by atoms with Gasteiger partial charge in [0.1, 0.15) is 11.4 Å². The number of hydrogen-bond donors (Lipinski definition) is 0. The largest absolute Gasteiger partial charge is 0.497 e. The molecule has 43 heavy (non-hydrogen) atoms. The molecule has 0 spiro atoms. The third-order valence-corrected chi connectivity index (χ3v) is 10.1. The zero-order valence-corrected chi connectivity index (χ0v) is 26.2. The van der Waals surface area contributed by atoms with Crippen molar-refractivity contribution < 1.29 is 19.1 Å². The molecule has 6 heteroatoms. The molecule has 3 aromatic rings. The number of carbonyl (C=O) groups is 2. The molecular weight excluding hydrogens is 536 g/mol. The molecular formula is C37H46N2O4. The van der Waals surface area contributed by atoms with Gasteiger partial charge >= 0.3 is 5.97 Å². The van der Waals surface area contributed by atoms with E-state index in [2.05, 4.69) is 54.0 Å². The lowest BCUT2D eigenvalue weighted by Gasteiger charge is -2.60. The van der Waals surface area contributed by atoms with Gasteiger partial charge in [-0.25, -0.2) is 0 Å². The minimum absolute atomic E-state index is 0.0197. The Hall–Kier alpha value is -3.38.